The minimum absolute atomic E-state index is 0.103. The van der Waals surface area contributed by atoms with Crippen molar-refractivity contribution >= 4 is 16.3 Å². The number of likely N-dealkylation sites (tertiary alicyclic amines) is 1. The molecule has 3 aromatic rings. The molecule has 0 amide bonds. The van der Waals surface area contributed by atoms with Gasteiger partial charge in [0.1, 0.15) is 0 Å². The monoisotopic (exact) mass is 430 g/mol. The van der Waals surface area contributed by atoms with Gasteiger partial charge in [0.05, 0.1) is 25.1 Å². The van der Waals surface area contributed by atoms with Crippen LogP contribution in [0.3, 0.4) is 0 Å². The minimum atomic E-state index is -0.103. The molecule has 4 rings (SSSR count). The third-order valence-corrected chi connectivity index (χ3v) is 6.87. The molecule has 1 N–H and O–H groups in total. The summed E-state index contributed by atoms with van der Waals surface area (Å²) in [6.45, 7) is 8.54. The number of hydrogen-bond acceptors (Lipinski definition) is 7. The van der Waals surface area contributed by atoms with E-state index < -0.39 is 0 Å². The van der Waals surface area contributed by atoms with E-state index in [-0.39, 0.29) is 11.9 Å². The molecule has 0 radical (unpaired) electrons. The van der Waals surface area contributed by atoms with Gasteiger partial charge < -0.3 is 14.6 Å². The van der Waals surface area contributed by atoms with Gasteiger partial charge in [-0.1, -0.05) is 38.2 Å². The van der Waals surface area contributed by atoms with Crippen molar-refractivity contribution < 1.29 is 14.6 Å². The van der Waals surface area contributed by atoms with Gasteiger partial charge in [0.15, 0.2) is 17.3 Å². The average Bonchev–Trinajstić information content (AvgIpc) is 3.26. The third kappa shape index (κ3) is 3.74. The van der Waals surface area contributed by atoms with Crippen molar-refractivity contribution in [2.75, 3.05) is 27.3 Å². The summed E-state index contributed by atoms with van der Waals surface area (Å²) in [5, 5.41) is 15.6. The van der Waals surface area contributed by atoms with E-state index in [1.165, 1.54) is 17.8 Å². The van der Waals surface area contributed by atoms with Crippen LogP contribution in [0.5, 0.6) is 17.4 Å². The van der Waals surface area contributed by atoms with E-state index >= 15 is 0 Å². The van der Waals surface area contributed by atoms with Gasteiger partial charge in [0, 0.05) is 19.5 Å². The number of rotatable bonds is 6. The molecule has 1 aliphatic heterocycles. The summed E-state index contributed by atoms with van der Waals surface area (Å²) >= 11 is 1.51. The summed E-state index contributed by atoms with van der Waals surface area (Å²) in [5.74, 6) is 3.48. The predicted molar refractivity (Wildman–Crippen MR) is 118 cm³/mol. The minimum Gasteiger partial charge on any atom is -0.493 e. The molecule has 30 heavy (non-hydrogen) atoms. The molecule has 0 saturated carbocycles. The van der Waals surface area contributed by atoms with E-state index in [0.29, 0.717) is 23.3 Å². The Kier molecular flexibility index (Phi) is 5.88. The summed E-state index contributed by atoms with van der Waals surface area (Å²) in [6, 6.07) is 5.90. The number of thiazole rings is 1. The third-order valence-electron chi connectivity index (χ3n) is 5.79. The highest BCUT2D eigenvalue weighted by Gasteiger charge is 2.34. The number of nitrogens with zero attached hydrogens (tertiary/aromatic N) is 4. The summed E-state index contributed by atoms with van der Waals surface area (Å²) in [4.78, 5) is 8.62. The molecule has 3 atom stereocenters. The SMILES string of the molecule is CCc1nc2sc(C(c3ccc(OC)c(OC)c3)N3CC(C)CC(C)C3)c(O)n2n1. The van der Waals surface area contributed by atoms with E-state index in [1.807, 2.05) is 19.1 Å². The lowest BCUT2D eigenvalue weighted by Gasteiger charge is -2.40. The van der Waals surface area contributed by atoms with Crippen molar-refractivity contribution in [2.45, 2.75) is 39.7 Å². The van der Waals surface area contributed by atoms with Crippen molar-refractivity contribution in [1.29, 1.82) is 0 Å². The normalized spacial score (nSPS) is 21.1. The lowest BCUT2D eigenvalue weighted by molar-refractivity contribution is 0.111. The first kappa shape index (κ1) is 20.9. The number of aryl methyl sites for hydroxylation is 1. The predicted octanol–water partition coefficient (Wildman–Crippen LogP) is 4.14. The molecule has 0 aliphatic carbocycles. The fourth-order valence-corrected chi connectivity index (χ4v) is 5.73. The second-order valence-corrected chi connectivity index (χ2v) is 9.29. The quantitative estimate of drug-likeness (QED) is 0.634. The Labute approximate surface area is 181 Å². The van der Waals surface area contributed by atoms with Crippen molar-refractivity contribution in [3.63, 3.8) is 0 Å². The maximum atomic E-state index is 11.1. The van der Waals surface area contributed by atoms with E-state index in [0.717, 1.165) is 40.7 Å². The molecule has 3 unspecified atom stereocenters. The molecule has 1 aliphatic rings. The Hall–Kier alpha value is -2.32. The van der Waals surface area contributed by atoms with Crippen LogP contribution in [0.2, 0.25) is 0 Å². The molecular formula is C22H30N4O3S. The lowest BCUT2D eigenvalue weighted by Crippen LogP contribution is -2.41. The van der Waals surface area contributed by atoms with Crippen LogP contribution in [0.15, 0.2) is 18.2 Å². The van der Waals surface area contributed by atoms with Crippen LogP contribution in [0, 0.1) is 11.8 Å². The average molecular weight is 431 g/mol. The van der Waals surface area contributed by atoms with Crippen LogP contribution in [-0.4, -0.2) is 51.9 Å². The molecule has 162 valence electrons. The van der Waals surface area contributed by atoms with E-state index in [2.05, 4.69) is 34.9 Å². The summed E-state index contributed by atoms with van der Waals surface area (Å²) < 4.78 is 12.6. The zero-order valence-electron chi connectivity index (χ0n) is 18.3. The fourth-order valence-electron chi connectivity index (χ4n) is 4.59. The van der Waals surface area contributed by atoms with Gasteiger partial charge in [-0.25, -0.2) is 4.98 Å². The molecule has 1 aromatic carbocycles. The van der Waals surface area contributed by atoms with Gasteiger partial charge in [0.25, 0.3) is 0 Å². The van der Waals surface area contributed by atoms with E-state index in [4.69, 9.17) is 9.47 Å². The fraction of sp³-hybridized carbons (Fsp3) is 0.545. The van der Waals surface area contributed by atoms with Crippen molar-refractivity contribution in [3.8, 4) is 17.4 Å². The Morgan fingerprint density at radius 2 is 1.87 bits per heavy atom. The number of ether oxygens (including phenoxy) is 2. The number of piperidine rings is 1. The van der Waals surface area contributed by atoms with Gasteiger partial charge in [0.2, 0.25) is 10.8 Å². The highest BCUT2D eigenvalue weighted by molar-refractivity contribution is 7.17. The Morgan fingerprint density at radius 3 is 2.47 bits per heavy atom. The van der Waals surface area contributed by atoms with E-state index in [9.17, 15) is 5.11 Å². The zero-order valence-corrected chi connectivity index (χ0v) is 19.1. The smallest absolute Gasteiger partial charge is 0.230 e. The highest BCUT2D eigenvalue weighted by atomic mass is 32.1. The van der Waals surface area contributed by atoms with Crippen molar-refractivity contribution in [1.82, 2.24) is 19.5 Å². The van der Waals surface area contributed by atoms with Crippen LogP contribution in [0.25, 0.3) is 4.96 Å². The van der Waals surface area contributed by atoms with Crippen molar-refractivity contribution in [3.05, 3.63) is 34.5 Å². The van der Waals surface area contributed by atoms with Crippen LogP contribution >= 0.6 is 11.3 Å². The molecule has 7 nitrogen and oxygen atoms in total. The number of aromatic nitrogens is 3. The number of methoxy groups -OCH3 is 2. The van der Waals surface area contributed by atoms with Crippen molar-refractivity contribution in [2.24, 2.45) is 11.8 Å². The molecule has 2 aromatic heterocycles. The summed E-state index contributed by atoms with van der Waals surface area (Å²) in [7, 11) is 3.29. The summed E-state index contributed by atoms with van der Waals surface area (Å²) in [6.07, 6.45) is 1.96. The number of hydrogen-bond donors (Lipinski definition) is 1. The molecule has 8 heteroatoms. The lowest BCUT2D eigenvalue weighted by atomic mass is 9.89. The van der Waals surface area contributed by atoms with Gasteiger partial charge in [-0.15, -0.1) is 5.10 Å². The summed E-state index contributed by atoms with van der Waals surface area (Å²) in [5.41, 5.74) is 1.06. The molecule has 1 fully saturated rings. The highest BCUT2D eigenvalue weighted by Crippen LogP contribution is 2.43. The molecule has 0 spiro atoms. The molecule has 0 bridgehead atoms. The Bertz CT molecular complexity index is 1020. The Balaban J connectivity index is 1.84. The molecular weight excluding hydrogens is 400 g/mol. The maximum Gasteiger partial charge on any atom is 0.230 e. The molecule has 3 heterocycles. The first-order valence-corrected chi connectivity index (χ1v) is 11.3. The number of aromatic hydroxyl groups is 1. The number of benzene rings is 1. The first-order chi connectivity index (χ1) is 14.4. The second-order valence-electron chi connectivity index (χ2n) is 8.28. The molecule has 1 saturated heterocycles. The van der Waals surface area contributed by atoms with Gasteiger partial charge in [-0.2, -0.15) is 4.52 Å². The first-order valence-electron chi connectivity index (χ1n) is 10.5. The van der Waals surface area contributed by atoms with E-state index in [1.54, 1.807) is 18.7 Å². The topological polar surface area (TPSA) is 72.1 Å². The Morgan fingerprint density at radius 1 is 1.17 bits per heavy atom. The van der Waals surface area contributed by atoms with Crippen LogP contribution in [0.4, 0.5) is 0 Å². The second kappa shape index (κ2) is 8.43. The maximum absolute atomic E-state index is 11.1. The van der Waals surface area contributed by atoms with Crippen LogP contribution < -0.4 is 9.47 Å². The van der Waals surface area contributed by atoms with Gasteiger partial charge >= 0.3 is 0 Å². The zero-order chi connectivity index (χ0) is 21.4. The standard InChI is InChI=1S/C22H30N4O3S/c1-6-18-23-22-26(24-18)21(27)20(30-22)19(25-11-13(2)9-14(3)12-25)15-7-8-16(28-4)17(10-15)29-5/h7-8,10,13-14,19,27H,6,9,11-12H2,1-5H3. The van der Waals surface area contributed by atoms with Gasteiger partial charge in [-0.3, -0.25) is 4.90 Å². The van der Waals surface area contributed by atoms with Gasteiger partial charge in [-0.05, 0) is 36.0 Å². The van der Waals surface area contributed by atoms with Crippen LogP contribution in [0.1, 0.15) is 49.5 Å². The largest absolute Gasteiger partial charge is 0.493 e. The number of fused-ring (bicyclic) bond motifs is 1. The van der Waals surface area contributed by atoms with Crippen LogP contribution in [-0.2, 0) is 6.42 Å².